The van der Waals surface area contributed by atoms with Crippen molar-refractivity contribution < 1.29 is 14.3 Å². The van der Waals surface area contributed by atoms with Crippen molar-refractivity contribution in [1.29, 1.82) is 0 Å². The first-order valence-electron chi connectivity index (χ1n) is 7.38. The highest BCUT2D eigenvalue weighted by Crippen LogP contribution is 2.21. The molecule has 120 valence electrons. The highest BCUT2D eigenvalue weighted by Gasteiger charge is 2.38. The van der Waals surface area contributed by atoms with Gasteiger partial charge < -0.3 is 15.0 Å². The molecule has 3 rings (SSSR count). The molecule has 2 aromatic rings. The van der Waals surface area contributed by atoms with Gasteiger partial charge in [0.2, 0.25) is 0 Å². The number of anilines is 1. The third kappa shape index (κ3) is 3.24. The summed E-state index contributed by atoms with van der Waals surface area (Å²) >= 11 is 0. The number of carbonyl (C=O) groups excluding carboxylic acids is 2. The Hall–Kier alpha value is -2.67. The molecule has 1 atom stereocenters. The first kappa shape index (κ1) is 15.2. The van der Waals surface area contributed by atoms with Crippen molar-refractivity contribution in [3.63, 3.8) is 0 Å². The molecule has 23 heavy (non-hydrogen) atoms. The summed E-state index contributed by atoms with van der Waals surface area (Å²) in [6.45, 7) is 1.57. The highest BCUT2D eigenvalue weighted by molar-refractivity contribution is 6.07. The molecule has 7 nitrogen and oxygen atoms in total. The molecule has 1 aromatic heterocycles. The molecule has 1 aliphatic rings. The van der Waals surface area contributed by atoms with E-state index in [0.717, 1.165) is 5.69 Å². The molecule has 2 amide bonds. The molecular formula is C16H18N4O3. The number of benzene rings is 1. The zero-order valence-electron chi connectivity index (χ0n) is 12.8. The molecule has 1 saturated heterocycles. The summed E-state index contributed by atoms with van der Waals surface area (Å²) in [7, 11) is 1.61. The largest absolute Gasteiger partial charge is 0.383 e. The van der Waals surface area contributed by atoms with Crippen LogP contribution in [0.1, 0.15) is 10.5 Å². The van der Waals surface area contributed by atoms with Crippen molar-refractivity contribution >= 4 is 17.5 Å². The molecule has 0 radical (unpaired) electrons. The summed E-state index contributed by atoms with van der Waals surface area (Å²) in [5.41, 5.74) is 1.14. The molecule has 2 heterocycles. The van der Waals surface area contributed by atoms with Gasteiger partial charge in [0.15, 0.2) is 0 Å². The molecule has 7 heteroatoms. The van der Waals surface area contributed by atoms with E-state index in [0.29, 0.717) is 25.4 Å². The van der Waals surface area contributed by atoms with Crippen molar-refractivity contribution in [2.75, 3.05) is 25.2 Å². The topological polar surface area (TPSA) is 76.5 Å². The molecule has 0 saturated carbocycles. The lowest BCUT2D eigenvalue weighted by molar-refractivity contribution is -0.124. The number of aromatic nitrogens is 2. The van der Waals surface area contributed by atoms with Gasteiger partial charge in [0.05, 0.1) is 19.7 Å². The fourth-order valence-corrected chi connectivity index (χ4v) is 2.40. The standard InChI is InChI=1S/C16H18N4O3/c1-23-10-9-19-8-7-13(18-19)15(21)17-14-11-20(16(14)22)12-5-3-2-4-6-12/h2-8,14H,9-11H2,1H3,(H,17,21)/t14-/m0/s1. The SMILES string of the molecule is COCCn1ccc(C(=O)N[C@H]2CN(c3ccccc3)C2=O)n1. The number of nitrogens with one attached hydrogen (secondary N) is 1. The van der Waals surface area contributed by atoms with Crippen molar-refractivity contribution in [2.24, 2.45) is 0 Å². The van der Waals surface area contributed by atoms with E-state index in [9.17, 15) is 9.59 Å². The molecule has 0 spiro atoms. The van der Waals surface area contributed by atoms with E-state index in [2.05, 4.69) is 10.4 Å². The maximum atomic E-state index is 12.1. The lowest BCUT2D eigenvalue weighted by Crippen LogP contribution is -2.64. The maximum absolute atomic E-state index is 12.1. The van der Waals surface area contributed by atoms with Crippen LogP contribution in [0.3, 0.4) is 0 Å². The maximum Gasteiger partial charge on any atom is 0.272 e. The van der Waals surface area contributed by atoms with Crippen LogP contribution in [0.15, 0.2) is 42.6 Å². The first-order valence-corrected chi connectivity index (χ1v) is 7.38. The number of β-lactam (4-membered cyclic amide) rings is 1. The monoisotopic (exact) mass is 314 g/mol. The summed E-state index contributed by atoms with van der Waals surface area (Å²) in [6, 6.07) is 10.5. The fraction of sp³-hybridized carbons (Fsp3) is 0.312. The molecule has 0 unspecified atom stereocenters. The van der Waals surface area contributed by atoms with Gasteiger partial charge in [0.1, 0.15) is 11.7 Å². The number of nitrogens with zero attached hydrogens (tertiary/aromatic N) is 3. The van der Waals surface area contributed by atoms with Crippen LogP contribution >= 0.6 is 0 Å². The third-order valence-electron chi connectivity index (χ3n) is 3.70. The Kier molecular flexibility index (Phi) is 4.38. The zero-order chi connectivity index (χ0) is 16.2. The van der Waals surface area contributed by atoms with E-state index in [4.69, 9.17) is 4.74 Å². The van der Waals surface area contributed by atoms with E-state index in [-0.39, 0.29) is 11.8 Å². The second-order valence-electron chi connectivity index (χ2n) is 5.27. The van der Waals surface area contributed by atoms with Crippen LogP contribution < -0.4 is 10.2 Å². The van der Waals surface area contributed by atoms with Crippen LogP contribution in [-0.2, 0) is 16.1 Å². The van der Waals surface area contributed by atoms with E-state index < -0.39 is 6.04 Å². The quantitative estimate of drug-likeness (QED) is 0.795. The number of para-hydroxylation sites is 1. The predicted molar refractivity (Wildman–Crippen MR) is 84.2 cm³/mol. The average Bonchev–Trinajstić information content (AvgIpc) is 3.05. The summed E-state index contributed by atoms with van der Waals surface area (Å²) < 4.78 is 6.60. The van der Waals surface area contributed by atoms with Crippen LogP contribution in [0.2, 0.25) is 0 Å². The fourth-order valence-electron chi connectivity index (χ4n) is 2.40. The number of carbonyl (C=O) groups is 2. The van der Waals surface area contributed by atoms with Gasteiger partial charge in [-0.05, 0) is 18.2 Å². The van der Waals surface area contributed by atoms with E-state index in [1.807, 2.05) is 30.3 Å². The van der Waals surface area contributed by atoms with Gasteiger partial charge in [-0.2, -0.15) is 5.10 Å². The predicted octanol–water partition coefficient (Wildman–Crippen LogP) is 0.675. The van der Waals surface area contributed by atoms with Gasteiger partial charge in [-0.25, -0.2) is 0 Å². The second-order valence-corrected chi connectivity index (χ2v) is 5.27. The highest BCUT2D eigenvalue weighted by atomic mass is 16.5. The van der Waals surface area contributed by atoms with Gasteiger partial charge in [-0.3, -0.25) is 14.3 Å². The number of hydrogen-bond donors (Lipinski definition) is 1. The second kappa shape index (κ2) is 6.62. The Balaban J connectivity index is 1.55. The zero-order valence-corrected chi connectivity index (χ0v) is 12.8. The Morgan fingerprint density at radius 3 is 2.83 bits per heavy atom. The molecule has 1 fully saturated rings. The van der Waals surface area contributed by atoms with Gasteiger partial charge in [-0.1, -0.05) is 18.2 Å². The van der Waals surface area contributed by atoms with E-state index >= 15 is 0 Å². The van der Waals surface area contributed by atoms with Gasteiger partial charge >= 0.3 is 0 Å². The van der Waals surface area contributed by atoms with Crippen LogP contribution in [0, 0.1) is 0 Å². The number of hydrogen-bond acceptors (Lipinski definition) is 4. The molecule has 1 N–H and O–H groups in total. The average molecular weight is 314 g/mol. The first-order chi connectivity index (χ1) is 11.2. The lowest BCUT2D eigenvalue weighted by Gasteiger charge is -2.38. The minimum Gasteiger partial charge on any atom is -0.383 e. The van der Waals surface area contributed by atoms with E-state index in [1.165, 1.54) is 0 Å². The normalized spacial score (nSPS) is 17.0. The van der Waals surface area contributed by atoms with Crippen molar-refractivity contribution in [3.05, 3.63) is 48.3 Å². The lowest BCUT2D eigenvalue weighted by atomic mass is 10.1. The Bertz CT molecular complexity index is 698. The van der Waals surface area contributed by atoms with Crippen molar-refractivity contribution in [2.45, 2.75) is 12.6 Å². The summed E-state index contributed by atoms with van der Waals surface area (Å²) in [6.07, 6.45) is 1.72. The number of methoxy groups -OCH3 is 1. The van der Waals surface area contributed by atoms with Crippen molar-refractivity contribution in [1.82, 2.24) is 15.1 Å². The number of rotatable bonds is 6. The number of ether oxygens (including phenoxy) is 1. The molecular weight excluding hydrogens is 296 g/mol. The number of amides is 2. The molecule has 1 aromatic carbocycles. The van der Waals surface area contributed by atoms with Crippen LogP contribution in [0.4, 0.5) is 5.69 Å². The van der Waals surface area contributed by atoms with E-state index in [1.54, 1.807) is 29.0 Å². The minimum atomic E-state index is -0.494. The van der Waals surface area contributed by atoms with Crippen LogP contribution in [-0.4, -0.2) is 47.9 Å². The molecule has 0 bridgehead atoms. The minimum absolute atomic E-state index is 0.108. The van der Waals surface area contributed by atoms with Gasteiger partial charge in [0, 0.05) is 19.0 Å². The summed E-state index contributed by atoms with van der Waals surface area (Å²) in [4.78, 5) is 25.9. The van der Waals surface area contributed by atoms with Gasteiger partial charge in [-0.15, -0.1) is 0 Å². The smallest absolute Gasteiger partial charge is 0.272 e. The molecule has 0 aliphatic carbocycles. The van der Waals surface area contributed by atoms with Gasteiger partial charge in [0.25, 0.3) is 11.8 Å². The summed E-state index contributed by atoms with van der Waals surface area (Å²) in [5.74, 6) is -0.449. The Morgan fingerprint density at radius 2 is 2.13 bits per heavy atom. The Morgan fingerprint density at radius 1 is 1.35 bits per heavy atom. The van der Waals surface area contributed by atoms with Crippen molar-refractivity contribution in [3.8, 4) is 0 Å². The Labute approximate surface area is 133 Å². The third-order valence-corrected chi connectivity index (χ3v) is 3.70. The molecule has 1 aliphatic heterocycles. The summed E-state index contributed by atoms with van der Waals surface area (Å²) in [5, 5.41) is 6.88. The van der Waals surface area contributed by atoms with Crippen LogP contribution in [0.25, 0.3) is 0 Å². The van der Waals surface area contributed by atoms with Crippen LogP contribution in [0.5, 0.6) is 0 Å².